The molecule has 0 aliphatic rings. The lowest BCUT2D eigenvalue weighted by molar-refractivity contribution is 0.632. The molecule has 0 aliphatic carbocycles. The first-order valence-electron chi connectivity index (χ1n) is 6.20. The minimum absolute atomic E-state index is 0.595. The highest BCUT2D eigenvalue weighted by Crippen LogP contribution is 2.24. The molecule has 3 nitrogen and oxygen atoms in total. The standard InChI is InChI=1S/C14H19N3/c1-4-15-14-12-8-6-5-7-11(12)13(16-17-14)9-10(2)3/h5-8,10H,4,9H2,1-3H3,(H,15,17). The molecule has 2 rings (SSSR count). The molecule has 0 radical (unpaired) electrons. The largest absolute Gasteiger partial charge is 0.368 e. The number of aromatic nitrogens is 2. The zero-order valence-corrected chi connectivity index (χ0v) is 10.7. The van der Waals surface area contributed by atoms with Crippen LogP contribution in [0.4, 0.5) is 5.82 Å². The van der Waals surface area contributed by atoms with Gasteiger partial charge < -0.3 is 5.32 Å². The highest BCUT2D eigenvalue weighted by Gasteiger charge is 2.09. The van der Waals surface area contributed by atoms with Crippen LogP contribution in [-0.4, -0.2) is 16.7 Å². The quantitative estimate of drug-likeness (QED) is 0.874. The van der Waals surface area contributed by atoms with Crippen LogP contribution in [0.25, 0.3) is 10.8 Å². The first-order valence-corrected chi connectivity index (χ1v) is 6.20. The zero-order valence-electron chi connectivity index (χ0n) is 10.7. The van der Waals surface area contributed by atoms with Crippen molar-refractivity contribution in [3.8, 4) is 0 Å². The van der Waals surface area contributed by atoms with E-state index in [1.54, 1.807) is 0 Å². The van der Waals surface area contributed by atoms with Gasteiger partial charge in [0.25, 0.3) is 0 Å². The number of hydrogen-bond acceptors (Lipinski definition) is 3. The molecule has 0 unspecified atom stereocenters. The Bertz CT molecular complexity index is 506. The number of nitrogens with one attached hydrogen (secondary N) is 1. The van der Waals surface area contributed by atoms with Crippen molar-refractivity contribution in [3.63, 3.8) is 0 Å². The van der Waals surface area contributed by atoms with Gasteiger partial charge in [-0.15, -0.1) is 5.10 Å². The summed E-state index contributed by atoms with van der Waals surface area (Å²) in [6.07, 6.45) is 0.972. The van der Waals surface area contributed by atoms with E-state index in [9.17, 15) is 0 Å². The SMILES string of the molecule is CCNc1nnc(CC(C)C)c2ccccc12. The van der Waals surface area contributed by atoms with E-state index in [4.69, 9.17) is 0 Å². The van der Waals surface area contributed by atoms with E-state index in [2.05, 4.69) is 54.5 Å². The molecule has 1 aromatic heterocycles. The topological polar surface area (TPSA) is 37.8 Å². The van der Waals surface area contributed by atoms with E-state index in [0.29, 0.717) is 5.92 Å². The smallest absolute Gasteiger partial charge is 0.156 e. The summed E-state index contributed by atoms with van der Waals surface area (Å²) >= 11 is 0. The van der Waals surface area contributed by atoms with Gasteiger partial charge in [-0.1, -0.05) is 38.1 Å². The fourth-order valence-electron chi connectivity index (χ4n) is 1.99. The maximum absolute atomic E-state index is 4.35. The van der Waals surface area contributed by atoms with Gasteiger partial charge in [-0.25, -0.2) is 0 Å². The van der Waals surface area contributed by atoms with Crippen molar-refractivity contribution in [1.29, 1.82) is 0 Å². The van der Waals surface area contributed by atoms with Crippen molar-refractivity contribution in [1.82, 2.24) is 10.2 Å². The van der Waals surface area contributed by atoms with E-state index in [1.165, 1.54) is 10.8 Å². The molecule has 0 aliphatic heterocycles. The summed E-state index contributed by atoms with van der Waals surface area (Å²) < 4.78 is 0. The molecule has 0 spiro atoms. The average molecular weight is 229 g/mol. The normalized spacial score (nSPS) is 11.1. The lowest BCUT2D eigenvalue weighted by Gasteiger charge is -2.10. The van der Waals surface area contributed by atoms with Crippen LogP contribution in [0.15, 0.2) is 24.3 Å². The summed E-state index contributed by atoms with van der Waals surface area (Å²) in [4.78, 5) is 0. The fourth-order valence-corrected chi connectivity index (χ4v) is 1.99. The van der Waals surface area contributed by atoms with Gasteiger partial charge in [0, 0.05) is 17.3 Å². The Morgan fingerprint density at radius 2 is 1.82 bits per heavy atom. The van der Waals surface area contributed by atoms with Gasteiger partial charge in [0.15, 0.2) is 5.82 Å². The van der Waals surface area contributed by atoms with Crippen molar-refractivity contribution < 1.29 is 0 Å². The Morgan fingerprint density at radius 1 is 1.12 bits per heavy atom. The third-order valence-electron chi connectivity index (χ3n) is 2.71. The Hall–Kier alpha value is -1.64. The Balaban J connectivity index is 2.54. The van der Waals surface area contributed by atoms with Crippen molar-refractivity contribution in [2.75, 3.05) is 11.9 Å². The molecule has 0 atom stereocenters. The molecule has 0 amide bonds. The molecule has 17 heavy (non-hydrogen) atoms. The van der Waals surface area contributed by atoms with Crippen molar-refractivity contribution in [2.24, 2.45) is 5.92 Å². The van der Waals surface area contributed by atoms with Gasteiger partial charge in [0.05, 0.1) is 5.69 Å². The lowest BCUT2D eigenvalue weighted by atomic mass is 10.0. The van der Waals surface area contributed by atoms with Gasteiger partial charge in [-0.2, -0.15) is 5.10 Å². The molecule has 0 bridgehead atoms. The third-order valence-corrected chi connectivity index (χ3v) is 2.71. The predicted octanol–water partition coefficient (Wildman–Crippen LogP) is 3.26. The van der Waals surface area contributed by atoms with Gasteiger partial charge in [0.1, 0.15) is 0 Å². The number of hydrogen-bond donors (Lipinski definition) is 1. The molecule has 0 saturated carbocycles. The number of fused-ring (bicyclic) bond motifs is 1. The Kier molecular flexibility index (Phi) is 3.57. The molecule has 3 heteroatoms. The van der Waals surface area contributed by atoms with Crippen LogP contribution in [-0.2, 0) is 6.42 Å². The second-order valence-electron chi connectivity index (χ2n) is 4.67. The summed E-state index contributed by atoms with van der Waals surface area (Å²) in [7, 11) is 0. The van der Waals surface area contributed by atoms with E-state index < -0.39 is 0 Å². The molecule has 2 aromatic rings. The average Bonchev–Trinajstić information content (AvgIpc) is 2.32. The summed E-state index contributed by atoms with van der Waals surface area (Å²) in [5.74, 6) is 1.48. The summed E-state index contributed by atoms with van der Waals surface area (Å²) in [5, 5.41) is 14.3. The maximum atomic E-state index is 4.35. The van der Waals surface area contributed by atoms with Crippen LogP contribution < -0.4 is 5.32 Å². The third kappa shape index (κ3) is 2.54. The zero-order chi connectivity index (χ0) is 12.3. The van der Waals surface area contributed by atoms with Crippen LogP contribution in [0.2, 0.25) is 0 Å². The van der Waals surface area contributed by atoms with Crippen molar-refractivity contribution in [2.45, 2.75) is 27.2 Å². The van der Waals surface area contributed by atoms with Crippen LogP contribution in [0.3, 0.4) is 0 Å². The summed E-state index contributed by atoms with van der Waals surface area (Å²) in [6.45, 7) is 7.34. The first-order chi connectivity index (χ1) is 8.22. The van der Waals surface area contributed by atoms with Crippen LogP contribution >= 0.6 is 0 Å². The van der Waals surface area contributed by atoms with Crippen LogP contribution in [0.5, 0.6) is 0 Å². The van der Waals surface area contributed by atoms with E-state index in [0.717, 1.165) is 24.5 Å². The molecular weight excluding hydrogens is 210 g/mol. The molecule has 1 N–H and O–H groups in total. The molecule has 1 heterocycles. The highest BCUT2D eigenvalue weighted by molar-refractivity contribution is 5.93. The predicted molar refractivity (Wildman–Crippen MR) is 72.2 cm³/mol. The highest BCUT2D eigenvalue weighted by atomic mass is 15.2. The second-order valence-corrected chi connectivity index (χ2v) is 4.67. The Morgan fingerprint density at radius 3 is 2.47 bits per heavy atom. The van der Waals surface area contributed by atoms with Gasteiger partial charge in [-0.3, -0.25) is 0 Å². The summed E-state index contributed by atoms with van der Waals surface area (Å²) in [5.41, 5.74) is 1.09. The fraction of sp³-hybridized carbons (Fsp3) is 0.429. The molecule has 0 fully saturated rings. The molecule has 1 aromatic carbocycles. The van der Waals surface area contributed by atoms with Crippen LogP contribution in [0, 0.1) is 5.92 Å². The van der Waals surface area contributed by atoms with Gasteiger partial charge >= 0.3 is 0 Å². The lowest BCUT2D eigenvalue weighted by Crippen LogP contribution is -2.06. The molecule has 90 valence electrons. The number of anilines is 1. The maximum Gasteiger partial charge on any atom is 0.156 e. The van der Waals surface area contributed by atoms with Gasteiger partial charge in [0.2, 0.25) is 0 Å². The van der Waals surface area contributed by atoms with Crippen LogP contribution in [0.1, 0.15) is 26.5 Å². The monoisotopic (exact) mass is 229 g/mol. The molecule has 0 saturated heterocycles. The minimum Gasteiger partial charge on any atom is -0.368 e. The van der Waals surface area contributed by atoms with Crippen molar-refractivity contribution in [3.05, 3.63) is 30.0 Å². The second kappa shape index (κ2) is 5.13. The number of rotatable bonds is 4. The minimum atomic E-state index is 0.595. The van der Waals surface area contributed by atoms with E-state index >= 15 is 0 Å². The first kappa shape index (κ1) is 11.8. The molecular formula is C14H19N3. The van der Waals surface area contributed by atoms with E-state index in [-0.39, 0.29) is 0 Å². The Labute approximate surface area is 102 Å². The van der Waals surface area contributed by atoms with Crippen molar-refractivity contribution >= 4 is 16.6 Å². The summed E-state index contributed by atoms with van der Waals surface area (Å²) in [6, 6.07) is 8.34. The number of benzene rings is 1. The van der Waals surface area contributed by atoms with E-state index in [1.807, 2.05) is 6.07 Å². The number of nitrogens with zero attached hydrogens (tertiary/aromatic N) is 2. The van der Waals surface area contributed by atoms with Gasteiger partial charge in [-0.05, 0) is 19.3 Å².